The lowest BCUT2D eigenvalue weighted by molar-refractivity contribution is 0.655. The number of rotatable bonds is 7. The van der Waals surface area contributed by atoms with E-state index in [2.05, 4.69) is 46.3 Å². The molecule has 0 N–H and O–H groups in total. The Morgan fingerprint density at radius 3 is 2.25 bits per heavy atom. The number of unbranched alkanes of at least 4 members (excludes halogenated alkanes) is 2. The molecule has 16 heavy (non-hydrogen) atoms. The van der Waals surface area contributed by atoms with Gasteiger partial charge in [-0.05, 0) is 12.8 Å². The van der Waals surface area contributed by atoms with Gasteiger partial charge < -0.3 is 4.90 Å². The van der Waals surface area contributed by atoms with E-state index in [1.807, 2.05) is 0 Å². The van der Waals surface area contributed by atoms with Gasteiger partial charge in [-0.3, -0.25) is 0 Å². The normalized spacial score (nSPS) is 10.4. The van der Waals surface area contributed by atoms with Gasteiger partial charge in [0.25, 0.3) is 0 Å². The maximum Gasteiger partial charge on any atom is 0.229 e. The molecule has 0 amide bonds. The molecular formula is C11H20N4S. The highest BCUT2D eigenvalue weighted by molar-refractivity contribution is 7.80. The molecule has 0 aliphatic rings. The lowest BCUT2D eigenvalue weighted by atomic mass is 10.3. The van der Waals surface area contributed by atoms with Crippen LogP contribution in [0.3, 0.4) is 0 Å². The van der Waals surface area contributed by atoms with Crippen molar-refractivity contribution >= 4 is 18.6 Å². The second-order valence-electron chi connectivity index (χ2n) is 3.78. The summed E-state index contributed by atoms with van der Waals surface area (Å²) in [6, 6.07) is 0. The standard InChI is InChI=1S/C11H20N4S/c1-3-5-7-15(8-6-4-2)10-12-9-13-11(16)14-10/h9H,3-8H2,1-2H3,(H,12,13,14,16). The Bertz CT molecular complexity index is 298. The Kier molecular flexibility index (Phi) is 6.15. The number of anilines is 1. The van der Waals surface area contributed by atoms with E-state index in [0.717, 1.165) is 31.9 Å². The fourth-order valence-corrected chi connectivity index (χ4v) is 1.58. The van der Waals surface area contributed by atoms with Gasteiger partial charge in [-0.2, -0.15) is 4.98 Å². The first kappa shape index (κ1) is 13.2. The summed E-state index contributed by atoms with van der Waals surface area (Å²) in [5.74, 6) is 0.752. The van der Waals surface area contributed by atoms with Crippen LogP contribution in [0.2, 0.25) is 0 Å². The van der Waals surface area contributed by atoms with Gasteiger partial charge in [0.1, 0.15) is 6.33 Å². The molecule has 90 valence electrons. The monoisotopic (exact) mass is 240 g/mol. The Morgan fingerprint density at radius 1 is 1.12 bits per heavy atom. The minimum atomic E-state index is 0.489. The van der Waals surface area contributed by atoms with Gasteiger partial charge in [0.15, 0.2) is 5.16 Å². The quantitative estimate of drug-likeness (QED) is 0.744. The summed E-state index contributed by atoms with van der Waals surface area (Å²) in [7, 11) is 0. The summed E-state index contributed by atoms with van der Waals surface area (Å²) in [5.41, 5.74) is 0. The van der Waals surface area contributed by atoms with Gasteiger partial charge >= 0.3 is 0 Å². The lowest BCUT2D eigenvalue weighted by Crippen LogP contribution is -2.27. The van der Waals surface area contributed by atoms with Gasteiger partial charge in [0, 0.05) is 13.1 Å². The van der Waals surface area contributed by atoms with Crippen molar-refractivity contribution in [1.29, 1.82) is 0 Å². The minimum Gasteiger partial charge on any atom is -0.341 e. The van der Waals surface area contributed by atoms with E-state index in [9.17, 15) is 0 Å². The molecule has 0 unspecified atom stereocenters. The highest BCUT2D eigenvalue weighted by Crippen LogP contribution is 2.10. The van der Waals surface area contributed by atoms with E-state index in [-0.39, 0.29) is 0 Å². The van der Waals surface area contributed by atoms with Crippen molar-refractivity contribution < 1.29 is 0 Å². The second kappa shape index (κ2) is 7.44. The number of hydrogen-bond donors (Lipinski definition) is 1. The fourth-order valence-electron chi connectivity index (χ4n) is 1.44. The predicted molar refractivity (Wildman–Crippen MR) is 69.1 cm³/mol. The molecule has 0 aliphatic heterocycles. The molecule has 0 atom stereocenters. The highest BCUT2D eigenvalue weighted by Gasteiger charge is 2.08. The molecule has 0 aromatic carbocycles. The molecule has 0 fully saturated rings. The Hall–Kier alpha value is -0.840. The zero-order valence-corrected chi connectivity index (χ0v) is 11.0. The van der Waals surface area contributed by atoms with E-state index >= 15 is 0 Å². The van der Waals surface area contributed by atoms with Crippen LogP contribution in [-0.4, -0.2) is 28.0 Å². The summed E-state index contributed by atoms with van der Waals surface area (Å²) < 4.78 is 0. The van der Waals surface area contributed by atoms with E-state index in [1.54, 1.807) is 0 Å². The van der Waals surface area contributed by atoms with Crippen LogP contribution in [-0.2, 0) is 0 Å². The molecule has 1 heterocycles. The average Bonchev–Trinajstić information content (AvgIpc) is 2.29. The third-order valence-electron chi connectivity index (χ3n) is 2.39. The SMILES string of the molecule is CCCCN(CCCC)c1ncnc(S)n1. The van der Waals surface area contributed by atoms with Gasteiger partial charge in [-0.25, -0.2) is 9.97 Å². The van der Waals surface area contributed by atoms with Crippen LogP contribution in [0.5, 0.6) is 0 Å². The first-order valence-electron chi connectivity index (χ1n) is 5.90. The highest BCUT2D eigenvalue weighted by atomic mass is 32.1. The molecule has 1 aromatic rings. The number of nitrogens with zero attached hydrogens (tertiary/aromatic N) is 4. The van der Waals surface area contributed by atoms with Crippen LogP contribution in [0, 0.1) is 0 Å². The second-order valence-corrected chi connectivity index (χ2v) is 4.18. The maximum atomic E-state index is 4.25. The Morgan fingerprint density at radius 2 is 1.75 bits per heavy atom. The van der Waals surface area contributed by atoms with E-state index in [0.29, 0.717) is 5.16 Å². The molecular weight excluding hydrogens is 220 g/mol. The maximum absolute atomic E-state index is 4.25. The fraction of sp³-hybridized carbons (Fsp3) is 0.727. The summed E-state index contributed by atoms with van der Waals surface area (Å²) in [4.78, 5) is 14.6. The summed E-state index contributed by atoms with van der Waals surface area (Å²) in [6.07, 6.45) is 6.22. The van der Waals surface area contributed by atoms with Crippen LogP contribution in [0.4, 0.5) is 5.95 Å². The van der Waals surface area contributed by atoms with Crippen molar-refractivity contribution in [2.24, 2.45) is 0 Å². The van der Waals surface area contributed by atoms with Gasteiger partial charge in [-0.15, -0.1) is 12.6 Å². The largest absolute Gasteiger partial charge is 0.341 e. The van der Waals surface area contributed by atoms with E-state index in [1.165, 1.54) is 19.2 Å². The van der Waals surface area contributed by atoms with Crippen molar-refractivity contribution in [2.45, 2.75) is 44.7 Å². The number of hydrogen-bond acceptors (Lipinski definition) is 5. The van der Waals surface area contributed by atoms with Crippen LogP contribution in [0.15, 0.2) is 11.5 Å². The Labute approximate surface area is 103 Å². The molecule has 4 nitrogen and oxygen atoms in total. The van der Waals surface area contributed by atoms with E-state index < -0.39 is 0 Å². The third kappa shape index (κ3) is 4.35. The molecule has 5 heteroatoms. The van der Waals surface area contributed by atoms with Gasteiger partial charge in [-0.1, -0.05) is 26.7 Å². The predicted octanol–water partition coefficient (Wildman–Crippen LogP) is 2.57. The third-order valence-corrected chi connectivity index (χ3v) is 2.61. The molecule has 0 bridgehead atoms. The van der Waals surface area contributed by atoms with E-state index in [4.69, 9.17) is 0 Å². The van der Waals surface area contributed by atoms with Gasteiger partial charge in [0.05, 0.1) is 0 Å². The molecule has 0 aliphatic carbocycles. The summed E-state index contributed by atoms with van der Waals surface area (Å²) in [5, 5.41) is 0.489. The summed E-state index contributed by atoms with van der Waals surface area (Å²) in [6.45, 7) is 6.40. The van der Waals surface area contributed by atoms with Crippen LogP contribution >= 0.6 is 12.6 Å². The Balaban J connectivity index is 2.66. The smallest absolute Gasteiger partial charge is 0.229 e. The first-order chi connectivity index (χ1) is 7.77. The van der Waals surface area contributed by atoms with Crippen LogP contribution in [0.25, 0.3) is 0 Å². The van der Waals surface area contributed by atoms with Crippen LogP contribution < -0.4 is 4.90 Å². The van der Waals surface area contributed by atoms with Crippen LogP contribution in [0.1, 0.15) is 39.5 Å². The summed E-state index contributed by atoms with van der Waals surface area (Å²) >= 11 is 4.14. The first-order valence-corrected chi connectivity index (χ1v) is 6.35. The average molecular weight is 240 g/mol. The number of thiol groups is 1. The zero-order valence-electron chi connectivity index (χ0n) is 10.1. The topological polar surface area (TPSA) is 41.9 Å². The van der Waals surface area contributed by atoms with Gasteiger partial charge in [0.2, 0.25) is 5.95 Å². The number of aromatic nitrogens is 3. The molecule has 0 saturated carbocycles. The molecule has 1 aromatic heterocycles. The van der Waals surface area contributed by atoms with Crippen molar-refractivity contribution in [3.05, 3.63) is 6.33 Å². The van der Waals surface area contributed by atoms with Crippen molar-refractivity contribution in [3.63, 3.8) is 0 Å². The lowest BCUT2D eigenvalue weighted by Gasteiger charge is -2.21. The molecule has 0 spiro atoms. The van der Waals surface area contributed by atoms with Crippen molar-refractivity contribution in [3.8, 4) is 0 Å². The molecule has 1 rings (SSSR count). The molecule has 0 saturated heterocycles. The molecule has 0 radical (unpaired) electrons. The van der Waals surface area contributed by atoms with Crippen molar-refractivity contribution in [1.82, 2.24) is 15.0 Å². The van der Waals surface area contributed by atoms with Crippen molar-refractivity contribution in [2.75, 3.05) is 18.0 Å². The zero-order chi connectivity index (χ0) is 11.8. The minimum absolute atomic E-state index is 0.489.